The third kappa shape index (κ3) is 4.54. The summed E-state index contributed by atoms with van der Waals surface area (Å²) in [7, 11) is 1.90. The van der Waals surface area contributed by atoms with Gasteiger partial charge in [0.1, 0.15) is 11.9 Å². The first-order valence-electron chi connectivity index (χ1n) is 8.57. The number of hydrogen-bond acceptors (Lipinski definition) is 4. The molecule has 1 amide bonds. The van der Waals surface area contributed by atoms with Crippen LogP contribution in [0, 0.1) is 11.8 Å². The summed E-state index contributed by atoms with van der Waals surface area (Å²) in [6.45, 7) is 8.54. The molecule has 1 aliphatic rings. The van der Waals surface area contributed by atoms with Gasteiger partial charge in [-0.1, -0.05) is 13.8 Å². The minimum absolute atomic E-state index is 0.0989. The molecule has 130 valence electrons. The Morgan fingerprint density at radius 3 is 2.57 bits per heavy atom. The molecule has 1 aromatic rings. The maximum absolute atomic E-state index is 12.2. The average Bonchev–Trinajstić information content (AvgIpc) is 2.97. The van der Waals surface area contributed by atoms with Crippen LogP contribution < -0.4 is 5.32 Å². The summed E-state index contributed by atoms with van der Waals surface area (Å²) in [5.74, 6) is 1.50. The lowest BCUT2D eigenvalue weighted by Gasteiger charge is -2.36. The van der Waals surface area contributed by atoms with Gasteiger partial charge in [0.25, 0.3) is 0 Å². The van der Waals surface area contributed by atoms with E-state index < -0.39 is 6.10 Å². The summed E-state index contributed by atoms with van der Waals surface area (Å²) in [5.41, 5.74) is 0. The number of aliphatic hydroxyl groups is 1. The Morgan fingerprint density at radius 1 is 1.39 bits per heavy atom. The fourth-order valence-corrected chi connectivity index (χ4v) is 3.11. The molecule has 0 aromatic carbocycles. The number of hydrogen-bond donors (Lipinski definition) is 2. The van der Waals surface area contributed by atoms with Crippen LogP contribution in [0.1, 0.15) is 45.5 Å². The zero-order valence-corrected chi connectivity index (χ0v) is 14.7. The summed E-state index contributed by atoms with van der Waals surface area (Å²) in [6.07, 6.45) is 4.82. The minimum atomic E-state index is -0.526. The smallest absolute Gasteiger partial charge is 0.237 e. The molecule has 0 radical (unpaired) electrons. The van der Waals surface area contributed by atoms with Gasteiger partial charge in [-0.05, 0) is 44.7 Å². The number of aryl methyl sites for hydroxylation is 1. The number of likely N-dealkylation sites (tertiary alicyclic amines) is 1. The van der Waals surface area contributed by atoms with E-state index in [1.807, 2.05) is 24.7 Å². The van der Waals surface area contributed by atoms with Gasteiger partial charge in [0.05, 0.1) is 6.04 Å². The van der Waals surface area contributed by atoms with E-state index in [9.17, 15) is 9.90 Å². The lowest BCUT2D eigenvalue weighted by molar-refractivity contribution is -0.126. The van der Waals surface area contributed by atoms with Gasteiger partial charge in [-0.2, -0.15) is 0 Å². The summed E-state index contributed by atoms with van der Waals surface area (Å²) in [5, 5.41) is 13.5. The van der Waals surface area contributed by atoms with Gasteiger partial charge in [0.2, 0.25) is 5.91 Å². The Balaban J connectivity index is 1.83. The predicted octanol–water partition coefficient (Wildman–Crippen LogP) is 1.33. The van der Waals surface area contributed by atoms with Crippen molar-refractivity contribution in [2.24, 2.45) is 18.9 Å². The van der Waals surface area contributed by atoms with Crippen molar-refractivity contribution in [1.82, 2.24) is 19.8 Å². The molecule has 2 rings (SSSR count). The molecule has 1 saturated heterocycles. The van der Waals surface area contributed by atoms with Crippen molar-refractivity contribution >= 4 is 5.91 Å². The zero-order chi connectivity index (χ0) is 17.0. The number of carbonyl (C=O) groups is 1. The fraction of sp³-hybridized carbons (Fsp3) is 0.765. The third-order valence-electron chi connectivity index (χ3n) is 4.76. The molecule has 6 heteroatoms. The van der Waals surface area contributed by atoms with E-state index in [0.29, 0.717) is 5.92 Å². The van der Waals surface area contributed by atoms with Crippen molar-refractivity contribution in [2.75, 3.05) is 19.6 Å². The average molecular weight is 322 g/mol. The molecule has 0 bridgehead atoms. The predicted molar refractivity (Wildman–Crippen MR) is 89.8 cm³/mol. The Morgan fingerprint density at radius 2 is 2.04 bits per heavy atom. The molecule has 1 fully saturated rings. The van der Waals surface area contributed by atoms with Crippen LogP contribution in [0.25, 0.3) is 0 Å². The van der Waals surface area contributed by atoms with E-state index >= 15 is 0 Å². The van der Waals surface area contributed by atoms with Crippen LogP contribution in [0.3, 0.4) is 0 Å². The maximum atomic E-state index is 12.2. The Labute approximate surface area is 138 Å². The van der Waals surface area contributed by atoms with Crippen molar-refractivity contribution in [2.45, 2.75) is 45.8 Å². The van der Waals surface area contributed by atoms with Crippen molar-refractivity contribution in [3.8, 4) is 0 Å². The molecule has 2 N–H and O–H groups in total. The second-order valence-corrected chi connectivity index (χ2v) is 7.03. The second-order valence-electron chi connectivity index (χ2n) is 7.03. The lowest BCUT2D eigenvalue weighted by atomic mass is 9.90. The molecule has 6 nitrogen and oxygen atoms in total. The van der Waals surface area contributed by atoms with Crippen LogP contribution in [0.2, 0.25) is 0 Å². The number of aromatic nitrogens is 2. The van der Waals surface area contributed by atoms with Gasteiger partial charge in [-0.15, -0.1) is 0 Å². The van der Waals surface area contributed by atoms with Crippen LogP contribution >= 0.6 is 0 Å². The van der Waals surface area contributed by atoms with Crippen molar-refractivity contribution in [3.63, 3.8) is 0 Å². The molecule has 2 heterocycles. The second kappa shape index (κ2) is 7.93. The molecule has 1 aromatic heterocycles. The van der Waals surface area contributed by atoms with E-state index in [0.717, 1.165) is 38.3 Å². The highest BCUT2D eigenvalue weighted by Gasteiger charge is 2.31. The van der Waals surface area contributed by atoms with E-state index in [1.165, 1.54) is 0 Å². The largest absolute Gasteiger partial charge is 0.385 e. The summed E-state index contributed by atoms with van der Waals surface area (Å²) in [4.78, 5) is 18.6. The number of nitrogens with zero attached hydrogens (tertiary/aromatic N) is 3. The fourth-order valence-electron chi connectivity index (χ4n) is 3.11. The summed E-state index contributed by atoms with van der Waals surface area (Å²) < 4.78 is 1.87. The van der Waals surface area contributed by atoms with E-state index in [1.54, 1.807) is 6.20 Å². The highest BCUT2D eigenvalue weighted by atomic mass is 16.3. The third-order valence-corrected chi connectivity index (χ3v) is 4.76. The Kier molecular flexibility index (Phi) is 6.18. The molecular weight excluding hydrogens is 292 g/mol. The number of imidazole rings is 1. The summed E-state index contributed by atoms with van der Waals surface area (Å²) in [6, 6.07) is -0.111. The topological polar surface area (TPSA) is 70.4 Å². The number of aliphatic hydroxyl groups excluding tert-OH is 1. The van der Waals surface area contributed by atoms with Crippen molar-refractivity contribution < 1.29 is 9.90 Å². The number of carbonyl (C=O) groups excluding carboxylic acids is 1. The standard InChI is InChI=1S/C17H30N4O2/c1-12(2)11-19-17(23)13(3)21-8-5-14(6-9-21)15(22)16-18-7-10-20(16)4/h7,10,12-15,22H,5-6,8-9,11H2,1-4H3,(H,19,23). The van der Waals surface area contributed by atoms with Gasteiger partial charge in [0.15, 0.2) is 0 Å². The van der Waals surface area contributed by atoms with Crippen LogP contribution in [0.5, 0.6) is 0 Å². The first kappa shape index (κ1) is 17.9. The normalized spacial score (nSPS) is 19.7. The van der Waals surface area contributed by atoms with Gasteiger partial charge >= 0.3 is 0 Å². The van der Waals surface area contributed by atoms with E-state index in [4.69, 9.17) is 0 Å². The van der Waals surface area contributed by atoms with Crippen LogP contribution in [0.15, 0.2) is 12.4 Å². The number of piperidine rings is 1. The zero-order valence-electron chi connectivity index (χ0n) is 14.7. The van der Waals surface area contributed by atoms with Crippen LogP contribution in [-0.2, 0) is 11.8 Å². The number of nitrogens with one attached hydrogen (secondary N) is 1. The van der Waals surface area contributed by atoms with Gasteiger partial charge in [0, 0.05) is 26.0 Å². The van der Waals surface area contributed by atoms with Crippen LogP contribution in [-0.4, -0.2) is 51.1 Å². The Bertz CT molecular complexity index is 506. The minimum Gasteiger partial charge on any atom is -0.385 e. The molecule has 1 aliphatic heterocycles. The lowest BCUT2D eigenvalue weighted by Crippen LogP contribution is -2.49. The van der Waals surface area contributed by atoms with E-state index in [-0.39, 0.29) is 17.9 Å². The Hall–Kier alpha value is -1.40. The van der Waals surface area contributed by atoms with Gasteiger partial charge in [-0.3, -0.25) is 9.69 Å². The molecule has 2 unspecified atom stereocenters. The maximum Gasteiger partial charge on any atom is 0.237 e. The van der Waals surface area contributed by atoms with Crippen LogP contribution in [0.4, 0.5) is 0 Å². The highest BCUT2D eigenvalue weighted by Crippen LogP contribution is 2.30. The van der Waals surface area contributed by atoms with Crippen molar-refractivity contribution in [3.05, 3.63) is 18.2 Å². The highest BCUT2D eigenvalue weighted by molar-refractivity contribution is 5.81. The summed E-state index contributed by atoms with van der Waals surface area (Å²) >= 11 is 0. The molecule has 0 saturated carbocycles. The quantitative estimate of drug-likeness (QED) is 0.829. The molecule has 23 heavy (non-hydrogen) atoms. The molecular formula is C17H30N4O2. The first-order valence-corrected chi connectivity index (χ1v) is 8.57. The first-order chi connectivity index (χ1) is 10.9. The van der Waals surface area contributed by atoms with Gasteiger partial charge < -0.3 is 15.0 Å². The number of rotatable bonds is 6. The molecule has 2 atom stereocenters. The monoisotopic (exact) mass is 322 g/mol. The van der Waals surface area contributed by atoms with Crippen molar-refractivity contribution in [1.29, 1.82) is 0 Å². The van der Waals surface area contributed by atoms with E-state index in [2.05, 4.69) is 29.0 Å². The molecule has 0 aliphatic carbocycles. The SMILES string of the molecule is CC(C)CNC(=O)C(C)N1CCC(C(O)c2nccn2C)CC1. The van der Waals surface area contributed by atoms with Gasteiger partial charge in [-0.25, -0.2) is 4.98 Å². The molecule has 0 spiro atoms. The number of amides is 1.